The number of nitrogens with zero attached hydrogens (tertiary/aromatic N) is 4. The molecule has 0 bridgehead atoms. The maximum Gasteiger partial charge on any atom is 0.274 e. The molecule has 1 saturated heterocycles. The fourth-order valence-corrected chi connectivity index (χ4v) is 2.86. The van der Waals surface area contributed by atoms with Crippen molar-refractivity contribution in [3.05, 3.63) is 47.9 Å². The number of aromatic nitrogens is 2. The Morgan fingerprint density at radius 3 is 2.19 bits per heavy atom. The molecule has 7 nitrogen and oxygen atoms in total. The number of carbonyl (C=O) groups excluding carboxylic acids is 2. The van der Waals surface area contributed by atoms with E-state index in [1.54, 1.807) is 22.9 Å². The Bertz CT molecular complexity index is 766. The fourth-order valence-electron chi connectivity index (χ4n) is 2.86. The van der Waals surface area contributed by atoms with Gasteiger partial charge in [-0.15, -0.1) is 0 Å². The topological polar surface area (TPSA) is 78.4 Å². The number of nitrogens with one attached hydrogen (secondary N) is 1. The molecule has 2 aromatic rings. The molecule has 136 valence electrons. The van der Waals surface area contributed by atoms with Crippen molar-refractivity contribution in [2.45, 2.75) is 20.3 Å². The highest BCUT2D eigenvalue weighted by molar-refractivity contribution is 5.92. The second kappa shape index (κ2) is 7.95. The molecule has 0 aliphatic carbocycles. The molecule has 1 aliphatic heterocycles. The predicted octanol–water partition coefficient (Wildman–Crippen LogP) is 2.09. The lowest BCUT2D eigenvalue weighted by Crippen LogP contribution is -2.50. The molecule has 0 spiro atoms. The summed E-state index contributed by atoms with van der Waals surface area (Å²) in [5, 5.41) is 3.18. The zero-order chi connectivity index (χ0) is 18.5. The third kappa shape index (κ3) is 4.17. The summed E-state index contributed by atoms with van der Waals surface area (Å²) in [4.78, 5) is 35.9. The van der Waals surface area contributed by atoms with Crippen molar-refractivity contribution in [1.29, 1.82) is 0 Å². The Balaban J connectivity index is 1.60. The van der Waals surface area contributed by atoms with Crippen LogP contribution in [0.2, 0.25) is 0 Å². The average Bonchev–Trinajstić information content (AvgIpc) is 2.69. The maximum absolute atomic E-state index is 12.5. The highest BCUT2D eigenvalue weighted by Crippen LogP contribution is 2.15. The first kappa shape index (κ1) is 17.8. The first-order chi connectivity index (χ1) is 12.6. The van der Waals surface area contributed by atoms with Crippen molar-refractivity contribution in [3.8, 4) is 0 Å². The van der Waals surface area contributed by atoms with E-state index in [2.05, 4.69) is 34.3 Å². The molecule has 26 heavy (non-hydrogen) atoms. The van der Waals surface area contributed by atoms with Crippen LogP contribution in [-0.2, 0) is 11.2 Å². The van der Waals surface area contributed by atoms with Crippen LogP contribution in [0.15, 0.2) is 36.7 Å². The average molecular weight is 353 g/mol. The fraction of sp³-hybridized carbons (Fsp3) is 0.368. The molecule has 1 aromatic heterocycles. The zero-order valence-corrected chi connectivity index (χ0v) is 15.1. The second-order valence-electron chi connectivity index (χ2n) is 6.26. The quantitative estimate of drug-likeness (QED) is 0.910. The minimum absolute atomic E-state index is 0.0410. The van der Waals surface area contributed by atoms with Gasteiger partial charge in [-0.25, -0.2) is 9.97 Å². The van der Waals surface area contributed by atoms with Gasteiger partial charge in [-0.05, 0) is 24.1 Å². The molecule has 1 fully saturated rings. The van der Waals surface area contributed by atoms with Gasteiger partial charge in [-0.3, -0.25) is 9.59 Å². The summed E-state index contributed by atoms with van der Waals surface area (Å²) in [5.74, 6) is 0.478. The number of aryl methyl sites for hydroxylation is 1. The molecule has 2 heterocycles. The van der Waals surface area contributed by atoms with Gasteiger partial charge >= 0.3 is 0 Å². The Morgan fingerprint density at radius 2 is 1.65 bits per heavy atom. The monoisotopic (exact) mass is 353 g/mol. The van der Waals surface area contributed by atoms with E-state index in [1.807, 2.05) is 12.1 Å². The minimum atomic E-state index is -0.153. The molecule has 0 radical (unpaired) electrons. The highest BCUT2D eigenvalue weighted by atomic mass is 16.2. The molecule has 7 heteroatoms. The maximum atomic E-state index is 12.5. The number of hydrogen-bond donors (Lipinski definition) is 1. The molecular weight excluding hydrogens is 330 g/mol. The lowest BCUT2D eigenvalue weighted by atomic mass is 10.1. The van der Waals surface area contributed by atoms with Gasteiger partial charge in [0.1, 0.15) is 11.5 Å². The second-order valence-corrected chi connectivity index (χ2v) is 6.26. The van der Waals surface area contributed by atoms with Crippen molar-refractivity contribution in [1.82, 2.24) is 19.8 Å². The van der Waals surface area contributed by atoms with E-state index in [-0.39, 0.29) is 11.8 Å². The van der Waals surface area contributed by atoms with E-state index in [9.17, 15) is 9.59 Å². The van der Waals surface area contributed by atoms with E-state index in [0.717, 1.165) is 12.1 Å². The van der Waals surface area contributed by atoms with E-state index in [1.165, 1.54) is 11.8 Å². The number of amides is 2. The Hall–Kier alpha value is -2.96. The van der Waals surface area contributed by atoms with Crippen LogP contribution in [0.1, 0.15) is 29.9 Å². The normalized spacial score (nSPS) is 14.2. The molecule has 0 unspecified atom stereocenters. The van der Waals surface area contributed by atoms with Gasteiger partial charge in [-0.1, -0.05) is 19.1 Å². The molecular formula is C19H23N5O2. The van der Waals surface area contributed by atoms with Crippen molar-refractivity contribution in [3.63, 3.8) is 0 Å². The molecule has 0 saturated carbocycles. The number of rotatable bonds is 4. The third-order valence-corrected chi connectivity index (χ3v) is 4.52. The molecule has 1 aromatic carbocycles. The summed E-state index contributed by atoms with van der Waals surface area (Å²) in [6.07, 6.45) is 4.05. The van der Waals surface area contributed by atoms with Gasteiger partial charge in [0.2, 0.25) is 5.91 Å². The van der Waals surface area contributed by atoms with Crippen molar-refractivity contribution in [2.24, 2.45) is 0 Å². The van der Waals surface area contributed by atoms with Gasteiger partial charge in [0.25, 0.3) is 5.91 Å². The van der Waals surface area contributed by atoms with Gasteiger partial charge in [-0.2, -0.15) is 0 Å². The minimum Gasteiger partial charge on any atom is -0.339 e. The van der Waals surface area contributed by atoms with Crippen LogP contribution in [0.25, 0.3) is 0 Å². The summed E-state index contributed by atoms with van der Waals surface area (Å²) in [5.41, 5.74) is 2.51. The first-order valence-electron chi connectivity index (χ1n) is 8.79. The van der Waals surface area contributed by atoms with E-state index < -0.39 is 0 Å². The number of carbonyl (C=O) groups is 2. The number of anilines is 2. The van der Waals surface area contributed by atoms with Gasteiger partial charge in [0.05, 0.1) is 12.4 Å². The summed E-state index contributed by atoms with van der Waals surface area (Å²) in [7, 11) is 0. The van der Waals surface area contributed by atoms with Crippen LogP contribution < -0.4 is 5.32 Å². The van der Waals surface area contributed by atoms with Gasteiger partial charge in [0.15, 0.2) is 0 Å². The Kier molecular flexibility index (Phi) is 5.46. The van der Waals surface area contributed by atoms with Crippen LogP contribution in [-0.4, -0.2) is 57.8 Å². The summed E-state index contributed by atoms with van der Waals surface area (Å²) < 4.78 is 0. The van der Waals surface area contributed by atoms with Crippen LogP contribution in [0.3, 0.4) is 0 Å². The number of benzene rings is 1. The van der Waals surface area contributed by atoms with Crippen LogP contribution >= 0.6 is 0 Å². The standard InChI is InChI=1S/C19H23N5O2/c1-3-15-4-6-16(7-5-15)22-18-13-20-17(12-21-18)19(26)24-10-8-23(9-11-24)14(2)25/h4-7,12-13H,3,8-11H2,1-2H3,(H,21,22). The summed E-state index contributed by atoms with van der Waals surface area (Å²) in [6.45, 7) is 5.81. The molecule has 0 atom stereocenters. The number of piperazine rings is 1. The largest absolute Gasteiger partial charge is 0.339 e. The lowest BCUT2D eigenvalue weighted by molar-refractivity contribution is -0.130. The van der Waals surface area contributed by atoms with E-state index >= 15 is 0 Å². The Labute approximate surface area is 153 Å². The van der Waals surface area contributed by atoms with Crippen molar-refractivity contribution in [2.75, 3.05) is 31.5 Å². The van der Waals surface area contributed by atoms with Gasteiger partial charge in [0, 0.05) is 38.8 Å². The molecule has 2 amide bonds. The predicted molar refractivity (Wildman–Crippen MR) is 99.3 cm³/mol. The van der Waals surface area contributed by atoms with E-state index in [4.69, 9.17) is 0 Å². The first-order valence-corrected chi connectivity index (χ1v) is 8.79. The lowest BCUT2D eigenvalue weighted by Gasteiger charge is -2.33. The van der Waals surface area contributed by atoms with Crippen LogP contribution in [0.4, 0.5) is 11.5 Å². The van der Waals surface area contributed by atoms with Gasteiger partial charge < -0.3 is 15.1 Å². The Morgan fingerprint density at radius 1 is 1.00 bits per heavy atom. The number of hydrogen-bond acceptors (Lipinski definition) is 5. The summed E-state index contributed by atoms with van der Waals surface area (Å²) in [6, 6.07) is 8.12. The van der Waals surface area contributed by atoms with Crippen molar-refractivity contribution >= 4 is 23.3 Å². The smallest absolute Gasteiger partial charge is 0.274 e. The SMILES string of the molecule is CCc1ccc(Nc2cnc(C(=O)N3CCN(C(C)=O)CC3)cn2)cc1. The zero-order valence-electron chi connectivity index (χ0n) is 15.1. The molecule has 3 rings (SSSR count). The van der Waals surface area contributed by atoms with E-state index in [0.29, 0.717) is 37.7 Å². The van der Waals surface area contributed by atoms with Crippen LogP contribution in [0, 0.1) is 0 Å². The summed E-state index contributed by atoms with van der Waals surface area (Å²) >= 11 is 0. The molecule has 1 N–H and O–H groups in total. The molecule has 1 aliphatic rings. The van der Waals surface area contributed by atoms with Crippen LogP contribution in [0.5, 0.6) is 0 Å². The highest BCUT2D eigenvalue weighted by Gasteiger charge is 2.24. The van der Waals surface area contributed by atoms with Crippen molar-refractivity contribution < 1.29 is 9.59 Å². The third-order valence-electron chi connectivity index (χ3n) is 4.52.